The molecule has 0 saturated heterocycles. The predicted molar refractivity (Wildman–Crippen MR) is 82.3 cm³/mol. The molecule has 1 aliphatic heterocycles. The van der Waals surface area contributed by atoms with Crippen LogP contribution in [0.3, 0.4) is 0 Å². The molecule has 0 fully saturated rings. The fourth-order valence-corrected chi connectivity index (χ4v) is 2.85. The first-order valence-electron chi connectivity index (χ1n) is 6.33. The molecule has 1 aliphatic rings. The van der Waals surface area contributed by atoms with Crippen molar-refractivity contribution in [1.82, 2.24) is 9.97 Å². The molecular formula is C13H10BrN5O3. The molecule has 9 heteroatoms. The van der Waals surface area contributed by atoms with Crippen LogP contribution in [0.25, 0.3) is 0 Å². The highest BCUT2D eigenvalue weighted by Gasteiger charge is 2.31. The number of nitro groups is 1. The number of carbonyl (C=O) groups is 1. The Labute approximate surface area is 133 Å². The van der Waals surface area contributed by atoms with Crippen LogP contribution in [0.4, 0.5) is 17.3 Å². The third-order valence-corrected chi connectivity index (χ3v) is 3.80. The quantitative estimate of drug-likeness (QED) is 0.478. The summed E-state index contributed by atoms with van der Waals surface area (Å²) in [6.45, 7) is 0. The highest BCUT2D eigenvalue weighted by atomic mass is 79.9. The number of benzene rings is 1. The molecule has 0 spiro atoms. The molecule has 1 unspecified atom stereocenters. The van der Waals surface area contributed by atoms with Gasteiger partial charge in [0, 0.05) is 30.0 Å². The molecule has 0 radical (unpaired) electrons. The van der Waals surface area contributed by atoms with Crippen LogP contribution in [0, 0.1) is 10.1 Å². The van der Waals surface area contributed by atoms with Gasteiger partial charge in [-0.05, 0) is 21.5 Å². The van der Waals surface area contributed by atoms with Crippen LogP contribution in [0.1, 0.15) is 23.5 Å². The third kappa shape index (κ3) is 2.50. The van der Waals surface area contributed by atoms with Gasteiger partial charge in [-0.1, -0.05) is 12.1 Å². The second-order valence-corrected chi connectivity index (χ2v) is 5.50. The monoisotopic (exact) mass is 363 g/mol. The summed E-state index contributed by atoms with van der Waals surface area (Å²) in [4.78, 5) is 30.3. The number of fused-ring (bicyclic) bond motifs is 1. The average Bonchev–Trinajstić information content (AvgIpc) is 2.45. The second kappa shape index (κ2) is 5.34. The Kier molecular flexibility index (Phi) is 3.49. The van der Waals surface area contributed by atoms with Crippen LogP contribution >= 0.6 is 15.9 Å². The van der Waals surface area contributed by atoms with E-state index in [0.717, 1.165) is 5.56 Å². The van der Waals surface area contributed by atoms with E-state index >= 15 is 0 Å². The number of amides is 1. The molecule has 1 aromatic heterocycles. The lowest BCUT2D eigenvalue weighted by molar-refractivity contribution is -0.384. The number of halogens is 1. The van der Waals surface area contributed by atoms with Gasteiger partial charge in [-0.3, -0.25) is 14.9 Å². The van der Waals surface area contributed by atoms with E-state index in [1.54, 1.807) is 12.1 Å². The largest absolute Gasteiger partial charge is 0.383 e. The zero-order chi connectivity index (χ0) is 15.9. The molecule has 0 saturated carbocycles. The zero-order valence-corrected chi connectivity index (χ0v) is 12.7. The van der Waals surface area contributed by atoms with Gasteiger partial charge in [-0.15, -0.1) is 0 Å². The van der Waals surface area contributed by atoms with Gasteiger partial charge in [0.15, 0.2) is 0 Å². The van der Waals surface area contributed by atoms with E-state index < -0.39 is 4.92 Å². The van der Waals surface area contributed by atoms with Gasteiger partial charge < -0.3 is 11.1 Å². The van der Waals surface area contributed by atoms with Crippen LogP contribution in [0.5, 0.6) is 0 Å². The van der Waals surface area contributed by atoms with Crippen molar-refractivity contribution in [3.8, 4) is 0 Å². The third-order valence-electron chi connectivity index (χ3n) is 3.45. The molecule has 8 nitrogen and oxygen atoms in total. The number of rotatable bonds is 2. The summed E-state index contributed by atoms with van der Waals surface area (Å²) in [5.74, 6) is 0.0951. The topological polar surface area (TPSA) is 124 Å². The number of nitrogens with zero attached hydrogens (tertiary/aromatic N) is 3. The molecule has 3 N–H and O–H groups in total. The van der Waals surface area contributed by atoms with E-state index in [2.05, 4.69) is 31.2 Å². The lowest BCUT2D eigenvalue weighted by atomic mass is 9.86. The number of non-ortho nitro benzene ring substituents is 1. The number of hydrogen-bond acceptors (Lipinski definition) is 6. The van der Waals surface area contributed by atoms with Crippen molar-refractivity contribution in [3.05, 3.63) is 50.2 Å². The van der Waals surface area contributed by atoms with Gasteiger partial charge in [-0.2, -0.15) is 0 Å². The minimum Gasteiger partial charge on any atom is -0.383 e. The molecule has 2 heterocycles. The van der Waals surface area contributed by atoms with Crippen LogP contribution in [0.15, 0.2) is 29.0 Å². The lowest BCUT2D eigenvalue weighted by Crippen LogP contribution is -2.26. The Balaban J connectivity index is 2.09. The van der Waals surface area contributed by atoms with Crippen molar-refractivity contribution < 1.29 is 9.72 Å². The highest BCUT2D eigenvalue weighted by Crippen LogP contribution is 2.39. The summed E-state index contributed by atoms with van der Waals surface area (Å²) in [6, 6.07) is 6.04. The molecule has 0 aliphatic carbocycles. The van der Waals surface area contributed by atoms with Gasteiger partial charge >= 0.3 is 0 Å². The average molecular weight is 364 g/mol. The molecular weight excluding hydrogens is 354 g/mol. The Morgan fingerprint density at radius 1 is 1.32 bits per heavy atom. The van der Waals surface area contributed by atoms with Gasteiger partial charge in [0.25, 0.3) is 5.69 Å². The van der Waals surface area contributed by atoms with Crippen LogP contribution in [-0.2, 0) is 4.79 Å². The minimum absolute atomic E-state index is 0.00994. The minimum atomic E-state index is -0.472. The Morgan fingerprint density at radius 2 is 2.00 bits per heavy atom. The summed E-state index contributed by atoms with van der Waals surface area (Å²) in [5, 5.41) is 13.4. The van der Waals surface area contributed by atoms with E-state index in [9.17, 15) is 14.9 Å². The Morgan fingerprint density at radius 3 is 2.64 bits per heavy atom. The van der Waals surface area contributed by atoms with Crippen LogP contribution in [0.2, 0.25) is 0 Å². The highest BCUT2D eigenvalue weighted by molar-refractivity contribution is 9.10. The summed E-state index contributed by atoms with van der Waals surface area (Å²) in [6.07, 6.45) is 0.181. The number of nitrogens with two attached hydrogens (primary N) is 1. The maximum absolute atomic E-state index is 11.9. The maximum Gasteiger partial charge on any atom is 0.269 e. The number of hydrogen-bond donors (Lipinski definition) is 2. The molecule has 1 amide bonds. The first-order chi connectivity index (χ1) is 10.5. The first kappa shape index (κ1) is 14.4. The number of anilines is 2. The van der Waals surface area contributed by atoms with Crippen LogP contribution < -0.4 is 11.1 Å². The van der Waals surface area contributed by atoms with E-state index in [-0.39, 0.29) is 34.5 Å². The summed E-state index contributed by atoms with van der Waals surface area (Å²) in [5.41, 5.74) is 7.31. The Bertz CT molecular complexity index is 778. The number of aromatic nitrogens is 2. The van der Waals surface area contributed by atoms with E-state index in [4.69, 9.17) is 5.73 Å². The fourth-order valence-electron chi connectivity index (χ4n) is 2.48. The summed E-state index contributed by atoms with van der Waals surface area (Å²) >= 11 is 3.13. The SMILES string of the molecule is Nc1nc(Br)nc2c1C(c1ccc([N+](=O)[O-])cc1)CC(=O)N2. The standard InChI is InChI=1S/C13H10BrN5O3/c14-13-17-11(15)10-8(5-9(20)16-12(10)18-13)6-1-3-7(4-2-6)19(21)22/h1-4,8H,5H2,(H3,15,16,17,18,20). The van der Waals surface area contributed by atoms with Crippen molar-refractivity contribution in [2.45, 2.75) is 12.3 Å². The normalized spacial score (nSPS) is 16.8. The van der Waals surface area contributed by atoms with Crippen molar-refractivity contribution in [1.29, 1.82) is 0 Å². The van der Waals surface area contributed by atoms with E-state index in [1.807, 2.05) is 0 Å². The first-order valence-corrected chi connectivity index (χ1v) is 7.12. The predicted octanol–water partition coefficient (Wildman–Crippen LogP) is 2.20. The maximum atomic E-state index is 11.9. The number of nitrogen functional groups attached to an aromatic ring is 1. The second-order valence-electron chi connectivity index (χ2n) is 4.79. The van der Waals surface area contributed by atoms with Crippen molar-refractivity contribution in [3.63, 3.8) is 0 Å². The molecule has 112 valence electrons. The van der Waals surface area contributed by atoms with Gasteiger partial charge in [0.05, 0.1) is 4.92 Å². The molecule has 2 aromatic rings. The Hall–Kier alpha value is -2.55. The summed E-state index contributed by atoms with van der Waals surface area (Å²) < 4.78 is 0.286. The van der Waals surface area contributed by atoms with Gasteiger partial charge in [-0.25, -0.2) is 9.97 Å². The van der Waals surface area contributed by atoms with E-state index in [1.165, 1.54) is 12.1 Å². The molecule has 0 bridgehead atoms. The zero-order valence-electron chi connectivity index (χ0n) is 11.1. The van der Waals surface area contributed by atoms with Crippen LogP contribution in [-0.4, -0.2) is 20.8 Å². The molecule has 22 heavy (non-hydrogen) atoms. The van der Waals surface area contributed by atoms with E-state index in [0.29, 0.717) is 11.4 Å². The molecule has 3 rings (SSSR count). The smallest absolute Gasteiger partial charge is 0.269 e. The fraction of sp³-hybridized carbons (Fsp3) is 0.154. The van der Waals surface area contributed by atoms with Crippen molar-refractivity contribution in [2.75, 3.05) is 11.1 Å². The van der Waals surface area contributed by atoms with Crippen molar-refractivity contribution in [2.24, 2.45) is 0 Å². The number of carbonyl (C=O) groups excluding carboxylic acids is 1. The van der Waals surface area contributed by atoms with Gasteiger partial charge in [0.2, 0.25) is 10.6 Å². The molecule has 1 atom stereocenters. The summed E-state index contributed by atoms with van der Waals surface area (Å²) in [7, 11) is 0. The van der Waals surface area contributed by atoms with Gasteiger partial charge in [0.1, 0.15) is 11.6 Å². The lowest BCUT2D eigenvalue weighted by Gasteiger charge is -2.25. The molecule has 1 aromatic carbocycles. The number of nitro benzene ring substituents is 1. The number of nitrogens with one attached hydrogen (secondary N) is 1. The van der Waals surface area contributed by atoms with Crippen molar-refractivity contribution >= 4 is 39.2 Å².